The molecule has 98 valence electrons. The molecular formula is C14H21N3O. The van der Waals surface area contributed by atoms with Crippen molar-refractivity contribution in [1.29, 1.82) is 0 Å². The van der Waals surface area contributed by atoms with Crippen LogP contribution in [0.4, 0.5) is 10.5 Å². The van der Waals surface area contributed by atoms with Crippen LogP contribution in [0.3, 0.4) is 0 Å². The van der Waals surface area contributed by atoms with Gasteiger partial charge in [-0.2, -0.15) is 0 Å². The molecule has 0 unspecified atom stereocenters. The zero-order chi connectivity index (χ0) is 13.0. The number of nitrogens with two attached hydrogens (primary N) is 1. The second-order valence-electron chi connectivity index (χ2n) is 5.08. The lowest BCUT2D eigenvalue weighted by atomic mass is 9.92. The topological polar surface area (TPSA) is 67.2 Å². The van der Waals surface area contributed by atoms with Gasteiger partial charge in [0, 0.05) is 17.8 Å². The van der Waals surface area contributed by atoms with Gasteiger partial charge in [0.1, 0.15) is 0 Å². The Morgan fingerprint density at radius 1 is 1.17 bits per heavy atom. The molecule has 1 aliphatic rings. The SMILES string of the molecule is Cc1ccc(NC(=O)NC2CCC(N)CC2)cc1. The fourth-order valence-electron chi connectivity index (χ4n) is 2.25. The van der Waals surface area contributed by atoms with Crippen molar-refractivity contribution in [3.63, 3.8) is 0 Å². The van der Waals surface area contributed by atoms with Gasteiger partial charge in [-0.15, -0.1) is 0 Å². The third kappa shape index (κ3) is 3.74. The number of hydrogen-bond acceptors (Lipinski definition) is 2. The molecule has 1 aromatic rings. The van der Waals surface area contributed by atoms with E-state index in [2.05, 4.69) is 10.6 Å². The van der Waals surface area contributed by atoms with Gasteiger partial charge >= 0.3 is 6.03 Å². The van der Waals surface area contributed by atoms with E-state index in [1.54, 1.807) is 0 Å². The van der Waals surface area contributed by atoms with Crippen LogP contribution in [0.5, 0.6) is 0 Å². The van der Waals surface area contributed by atoms with Crippen LogP contribution >= 0.6 is 0 Å². The van der Waals surface area contributed by atoms with Crippen molar-refractivity contribution in [3.8, 4) is 0 Å². The van der Waals surface area contributed by atoms with Crippen molar-refractivity contribution in [2.75, 3.05) is 5.32 Å². The minimum Gasteiger partial charge on any atom is -0.335 e. The Kier molecular flexibility index (Phi) is 4.20. The minimum atomic E-state index is -0.126. The molecule has 4 N–H and O–H groups in total. The van der Waals surface area contributed by atoms with Crippen LogP contribution in [-0.4, -0.2) is 18.1 Å². The standard InChI is InChI=1S/C14H21N3O/c1-10-2-6-12(7-3-10)16-14(18)17-13-8-4-11(15)5-9-13/h2-3,6-7,11,13H,4-5,8-9,15H2,1H3,(H2,16,17,18). The lowest BCUT2D eigenvalue weighted by Gasteiger charge is -2.26. The molecule has 0 aromatic heterocycles. The van der Waals surface area contributed by atoms with Gasteiger partial charge in [-0.25, -0.2) is 4.79 Å². The molecular weight excluding hydrogens is 226 g/mol. The summed E-state index contributed by atoms with van der Waals surface area (Å²) in [6.45, 7) is 2.02. The van der Waals surface area contributed by atoms with Gasteiger partial charge < -0.3 is 16.4 Å². The number of rotatable bonds is 2. The lowest BCUT2D eigenvalue weighted by Crippen LogP contribution is -2.42. The molecule has 0 heterocycles. The smallest absolute Gasteiger partial charge is 0.319 e. The highest BCUT2D eigenvalue weighted by Gasteiger charge is 2.19. The predicted molar refractivity (Wildman–Crippen MR) is 73.6 cm³/mol. The summed E-state index contributed by atoms with van der Waals surface area (Å²) >= 11 is 0. The van der Waals surface area contributed by atoms with Crippen molar-refractivity contribution >= 4 is 11.7 Å². The Morgan fingerprint density at radius 2 is 1.78 bits per heavy atom. The highest BCUT2D eigenvalue weighted by atomic mass is 16.2. The van der Waals surface area contributed by atoms with Crippen molar-refractivity contribution in [1.82, 2.24) is 5.32 Å². The van der Waals surface area contributed by atoms with Crippen molar-refractivity contribution in [2.45, 2.75) is 44.7 Å². The third-order valence-electron chi connectivity index (χ3n) is 3.42. The lowest BCUT2D eigenvalue weighted by molar-refractivity contribution is 0.242. The van der Waals surface area contributed by atoms with E-state index >= 15 is 0 Å². The largest absolute Gasteiger partial charge is 0.335 e. The first kappa shape index (κ1) is 12.9. The van der Waals surface area contributed by atoms with Gasteiger partial charge in [-0.3, -0.25) is 0 Å². The number of benzene rings is 1. The number of carbonyl (C=O) groups excluding carboxylic acids is 1. The van der Waals surface area contributed by atoms with Gasteiger partial charge in [0.15, 0.2) is 0 Å². The quantitative estimate of drug-likeness (QED) is 0.751. The number of hydrogen-bond donors (Lipinski definition) is 3. The Bertz CT molecular complexity index is 394. The fourth-order valence-corrected chi connectivity index (χ4v) is 2.25. The summed E-state index contributed by atoms with van der Waals surface area (Å²) in [5.74, 6) is 0. The second-order valence-corrected chi connectivity index (χ2v) is 5.08. The first-order valence-electron chi connectivity index (χ1n) is 6.53. The Hall–Kier alpha value is -1.55. The number of nitrogens with one attached hydrogen (secondary N) is 2. The van der Waals surface area contributed by atoms with Crippen LogP contribution < -0.4 is 16.4 Å². The summed E-state index contributed by atoms with van der Waals surface area (Å²) in [5.41, 5.74) is 7.84. The average molecular weight is 247 g/mol. The Morgan fingerprint density at radius 3 is 2.39 bits per heavy atom. The maximum absolute atomic E-state index is 11.8. The van der Waals surface area contributed by atoms with E-state index in [-0.39, 0.29) is 12.1 Å². The first-order chi connectivity index (χ1) is 8.63. The molecule has 0 saturated heterocycles. The van der Waals surface area contributed by atoms with E-state index in [9.17, 15) is 4.79 Å². The summed E-state index contributed by atoms with van der Waals surface area (Å²) < 4.78 is 0. The molecule has 0 atom stereocenters. The Balaban J connectivity index is 1.80. The summed E-state index contributed by atoms with van der Waals surface area (Å²) in [5, 5.41) is 5.84. The fraction of sp³-hybridized carbons (Fsp3) is 0.500. The monoisotopic (exact) mass is 247 g/mol. The molecule has 0 bridgehead atoms. The highest BCUT2D eigenvalue weighted by Crippen LogP contribution is 2.17. The van der Waals surface area contributed by atoms with Crippen LogP contribution in [0.1, 0.15) is 31.2 Å². The third-order valence-corrected chi connectivity index (χ3v) is 3.42. The molecule has 1 aromatic carbocycles. The summed E-state index contributed by atoms with van der Waals surface area (Å²) in [6.07, 6.45) is 3.94. The average Bonchev–Trinajstić information content (AvgIpc) is 2.35. The molecule has 0 spiro atoms. The summed E-state index contributed by atoms with van der Waals surface area (Å²) in [6, 6.07) is 8.22. The molecule has 18 heavy (non-hydrogen) atoms. The maximum Gasteiger partial charge on any atom is 0.319 e. The summed E-state index contributed by atoms with van der Waals surface area (Å²) in [4.78, 5) is 11.8. The van der Waals surface area contributed by atoms with E-state index in [1.807, 2.05) is 31.2 Å². The molecule has 1 aliphatic carbocycles. The van der Waals surface area contributed by atoms with Crippen molar-refractivity contribution in [3.05, 3.63) is 29.8 Å². The number of anilines is 1. The first-order valence-corrected chi connectivity index (χ1v) is 6.53. The van der Waals surface area contributed by atoms with E-state index in [0.717, 1.165) is 31.4 Å². The van der Waals surface area contributed by atoms with Gasteiger partial charge in [-0.1, -0.05) is 17.7 Å². The summed E-state index contributed by atoms with van der Waals surface area (Å²) in [7, 11) is 0. The van der Waals surface area contributed by atoms with Crippen LogP contribution in [0, 0.1) is 6.92 Å². The molecule has 4 nitrogen and oxygen atoms in total. The van der Waals surface area contributed by atoms with Gasteiger partial charge in [0.2, 0.25) is 0 Å². The second kappa shape index (κ2) is 5.87. The number of aryl methyl sites for hydroxylation is 1. The van der Waals surface area contributed by atoms with Gasteiger partial charge in [-0.05, 0) is 44.7 Å². The normalized spacial score (nSPS) is 23.4. The van der Waals surface area contributed by atoms with E-state index in [1.165, 1.54) is 5.56 Å². The highest BCUT2D eigenvalue weighted by molar-refractivity contribution is 5.89. The molecule has 4 heteroatoms. The zero-order valence-electron chi connectivity index (χ0n) is 10.8. The molecule has 1 saturated carbocycles. The van der Waals surface area contributed by atoms with E-state index < -0.39 is 0 Å². The van der Waals surface area contributed by atoms with Crippen LogP contribution in [0.15, 0.2) is 24.3 Å². The predicted octanol–water partition coefficient (Wildman–Crippen LogP) is 2.39. The molecule has 1 fully saturated rings. The van der Waals surface area contributed by atoms with Gasteiger partial charge in [0.05, 0.1) is 0 Å². The van der Waals surface area contributed by atoms with Crippen molar-refractivity contribution < 1.29 is 4.79 Å². The minimum absolute atomic E-state index is 0.126. The molecule has 2 rings (SSSR count). The van der Waals surface area contributed by atoms with Crippen LogP contribution in [0.25, 0.3) is 0 Å². The molecule has 0 radical (unpaired) electrons. The Labute approximate surface area is 108 Å². The van der Waals surface area contributed by atoms with Gasteiger partial charge in [0.25, 0.3) is 0 Å². The van der Waals surface area contributed by atoms with E-state index in [0.29, 0.717) is 6.04 Å². The molecule has 0 aliphatic heterocycles. The molecule has 2 amide bonds. The number of carbonyl (C=O) groups is 1. The zero-order valence-corrected chi connectivity index (χ0v) is 10.8. The maximum atomic E-state index is 11.8. The number of urea groups is 1. The van der Waals surface area contributed by atoms with Crippen LogP contribution in [-0.2, 0) is 0 Å². The number of amides is 2. The van der Waals surface area contributed by atoms with Crippen LogP contribution in [0.2, 0.25) is 0 Å². The van der Waals surface area contributed by atoms with Crippen molar-refractivity contribution in [2.24, 2.45) is 5.73 Å². The van der Waals surface area contributed by atoms with E-state index in [4.69, 9.17) is 5.73 Å².